The molecule has 0 aromatic heterocycles. The van der Waals surface area contributed by atoms with Gasteiger partial charge in [-0.15, -0.1) is 0 Å². The summed E-state index contributed by atoms with van der Waals surface area (Å²) in [5.41, 5.74) is 0.455. The molecule has 0 saturated heterocycles. The van der Waals surface area contributed by atoms with Gasteiger partial charge in [0.2, 0.25) is 0 Å². The summed E-state index contributed by atoms with van der Waals surface area (Å²) < 4.78 is 38.7. The van der Waals surface area contributed by atoms with E-state index in [2.05, 4.69) is 16.0 Å². The average Bonchev–Trinajstić information content (AvgIpc) is 2.67. The monoisotopic (exact) mass is 400 g/mol. The first kappa shape index (κ1) is 19.9. The Balaban J connectivity index is 1.93. The molecular formula is C20H15F3N4O2. The number of carbonyl (C=O) groups excluding carboxylic acids is 2. The number of nitriles is 1. The molecule has 1 aliphatic heterocycles. The molecule has 2 aromatic carbocycles. The van der Waals surface area contributed by atoms with Crippen LogP contribution in [0.1, 0.15) is 29.7 Å². The highest BCUT2D eigenvalue weighted by Crippen LogP contribution is 2.32. The van der Waals surface area contributed by atoms with Gasteiger partial charge in [0.05, 0.1) is 28.8 Å². The van der Waals surface area contributed by atoms with E-state index in [1.165, 1.54) is 19.1 Å². The zero-order chi connectivity index (χ0) is 21.2. The molecule has 0 spiro atoms. The van der Waals surface area contributed by atoms with Crippen molar-refractivity contribution in [2.24, 2.45) is 0 Å². The lowest BCUT2D eigenvalue weighted by molar-refractivity contribution is -0.137. The largest absolute Gasteiger partial charge is 0.416 e. The molecule has 0 radical (unpaired) electrons. The van der Waals surface area contributed by atoms with Crippen molar-refractivity contribution in [3.8, 4) is 6.07 Å². The number of benzene rings is 2. The molecule has 9 heteroatoms. The first-order chi connectivity index (χ1) is 13.7. The van der Waals surface area contributed by atoms with E-state index >= 15 is 0 Å². The van der Waals surface area contributed by atoms with Crippen LogP contribution in [0.15, 0.2) is 59.8 Å². The molecule has 1 atom stereocenters. The third kappa shape index (κ3) is 4.38. The van der Waals surface area contributed by atoms with Crippen LogP contribution in [-0.4, -0.2) is 11.9 Å². The molecule has 3 amide bonds. The van der Waals surface area contributed by atoms with Gasteiger partial charge in [-0.25, -0.2) is 4.79 Å². The number of amides is 3. The van der Waals surface area contributed by atoms with Gasteiger partial charge in [-0.1, -0.05) is 18.2 Å². The van der Waals surface area contributed by atoms with E-state index < -0.39 is 29.7 Å². The fraction of sp³-hybridized carbons (Fsp3) is 0.150. The van der Waals surface area contributed by atoms with Crippen LogP contribution in [0.25, 0.3) is 0 Å². The normalized spacial score (nSPS) is 16.5. The number of urea groups is 1. The first-order valence-electron chi connectivity index (χ1n) is 8.46. The lowest BCUT2D eigenvalue weighted by Gasteiger charge is -2.28. The number of hydrogen-bond donors (Lipinski definition) is 3. The van der Waals surface area contributed by atoms with Gasteiger partial charge in [-0.05, 0) is 42.8 Å². The predicted molar refractivity (Wildman–Crippen MR) is 98.3 cm³/mol. The molecule has 0 unspecified atom stereocenters. The van der Waals surface area contributed by atoms with Crippen LogP contribution in [0.5, 0.6) is 0 Å². The first-order valence-corrected chi connectivity index (χ1v) is 8.46. The van der Waals surface area contributed by atoms with E-state index in [9.17, 15) is 22.8 Å². The van der Waals surface area contributed by atoms with Crippen LogP contribution in [-0.2, 0) is 11.0 Å². The average molecular weight is 400 g/mol. The molecule has 29 heavy (non-hydrogen) atoms. The van der Waals surface area contributed by atoms with E-state index in [0.29, 0.717) is 11.1 Å². The van der Waals surface area contributed by atoms with Crippen molar-refractivity contribution < 1.29 is 22.8 Å². The number of hydrogen-bond acceptors (Lipinski definition) is 3. The van der Waals surface area contributed by atoms with E-state index in [1.807, 2.05) is 6.07 Å². The summed E-state index contributed by atoms with van der Waals surface area (Å²) in [5.74, 6) is -0.663. The van der Waals surface area contributed by atoms with Crippen LogP contribution in [0.2, 0.25) is 0 Å². The van der Waals surface area contributed by atoms with Crippen molar-refractivity contribution in [1.29, 1.82) is 5.26 Å². The number of allylic oxidation sites excluding steroid dienone is 1. The number of rotatable bonds is 3. The molecule has 0 aliphatic carbocycles. The maximum atomic E-state index is 12.9. The molecule has 2 aromatic rings. The predicted octanol–water partition coefficient (Wildman–Crippen LogP) is 3.84. The van der Waals surface area contributed by atoms with Crippen LogP contribution in [0.3, 0.4) is 0 Å². The minimum atomic E-state index is -4.54. The number of alkyl halides is 3. The van der Waals surface area contributed by atoms with Gasteiger partial charge in [0.25, 0.3) is 5.91 Å². The molecule has 1 aliphatic rings. The fourth-order valence-corrected chi connectivity index (χ4v) is 2.97. The minimum absolute atomic E-state index is 0.0272. The second kappa shape index (κ2) is 7.67. The van der Waals surface area contributed by atoms with E-state index in [-0.39, 0.29) is 17.0 Å². The van der Waals surface area contributed by atoms with Gasteiger partial charge < -0.3 is 16.0 Å². The van der Waals surface area contributed by atoms with Crippen molar-refractivity contribution in [2.75, 3.05) is 5.32 Å². The molecule has 3 rings (SSSR count). The Morgan fingerprint density at radius 3 is 2.48 bits per heavy atom. The van der Waals surface area contributed by atoms with Gasteiger partial charge in [0, 0.05) is 11.4 Å². The smallest absolute Gasteiger partial charge is 0.327 e. The summed E-state index contributed by atoms with van der Waals surface area (Å²) in [4.78, 5) is 24.8. The lowest BCUT2D eigenvalue weighted by atomic mass is 9.94. The Morgan fingerprint density at radius 1 is 1.17 bits per heavy atom. The Morgan fingerprint density at radius 2 is 1.86 bits per heavy atom. The Kier molecular flexibility index (Phi) is 5.28. The molecule has 0 bridgehead atoms. The highest BCUT2D eigenvalue weighted by atomic mass is 19.4. The van der Waals surface area contributed by atoms with Crippen LogP contribution >= 0.6 is 0 Å². The Hall–Kier alpha value is -3.80. The SMILES string of the molecule is CC1=C(C(=O)Nc2cccc(C(F)(F)F)c2)[C@@H](c2ccc(C#N)cc2)NC(=O)N1. The number of halogens is 3. The molecule has 6 nitrogen and oxygen atoms in total. The summed E-state index contributed by atoms with van der Waals surface area (Å²) in [7, 11) is 0. The number of nitrogens with one attached hydrogen (secondary N) is 3. The fourth-order valence-electron chi connectivity index (χ4n) is 2.97. The molecule has 148 valence electrons. The summed E-state index contributed by atoms with van der Waals surface area (Å²) in [5, 5.41) is 16.5. The standard InChI is InChI=1S/C20H15F3N4O2/c1-11-16(18(28)26-15-4-2-3-14(9-15)20(21,22)23)17(27-19(29)25-11)13-7-5-12(10-24)6-8-13/h2-9,17H,1H3,(H,26,28)(H2,25,27,29)/t17-/m1/s1. The van der Waals surface area contributed by atoms with E-state index in [4.69, 9.17) is 5.26 Å². The Bertz CT molecular complexity index is 1040. The van der Waals surface area contributed by atoms with E-state index in [1.54, 1.807) is 24.3 Å². The van der Waals surface area contributed by atoms with Crippen molar-refractivity contribution in [3.05, 3.63) is 76.5 Å². The highest BCUT2D eigenvalue weighted by Gasteiger charge is 2.33. The van der Waals surface area contributed by atoms with Crippen molar-refractivity contribution in [2.45, 2.75) is 19.1 Å². The summed E-state index contributed by atoms with van der Waals surface area (Å²) in [6.07, 6.45) is -4.54. The quantitative estimate of drug-likeness (QED) is 0.731. The van der Waals surface area contributed by atoms with Gasteiger partial charge in [-0.3, -0.25) is 4.79 Å². The van der Waals surface area contributed by atoms with Crippen molar-refractivity contribution >= 4 is 17.6 Å². The van der Waals surface area contributed by atoms with Gasteiger partial charge >= 0.3 is 12.2 Å². The summed E-state index contributed by atoms with van der Waals surface area (Å²) >= 11 is 0. The second-order valence-electron chi connectivity index (χ2n) is 6.34. The molecule has 3 N–H and O–H groups in total. The maximum absolute atomic E-state index is 12.9. The number of anilines is 1. The third-order valence-electron chi connectivity index (χ3n) is 4.33. The highest BCUT2D eigenvalue weighted by molar-refractivity contribution is 6.06. The summed E-state index contributed by atoms with van der Waals surface area (Å²) in [6.45, 7) is 1.52. The lowest BCUT2D eigenvalue weighted by Crippen LogP contribution is -2.45. The zero-order valence-corrected chi connectivity index (χ0v) is 15.1. The minimum Gasteiger partial charge on any atom is -0.327 e. The molecule has 1 heterocycles. The molecular weight excluding hydrogens is 385 g/mol. The van der Waals surface area contributed by atoms with Crippen LogP contribution in [0, 0.1) is 11.3 Å². The number of nitrogens with zero attached hydrogens (tertiary/aromatic N) is 1. The van der Waals surface area contributed by atoms with Crippen molar-refractivity contribution in [1.82, 2.24) is 10.6 Å². The zero-order valence-electron chi connectivity index (χ0n) is 15.1. The van der Waals surface area contributed by atoms with Crippen LogP contribution in [0.4, 0.5) is 23.7 Å². The van der Waals surface area contributed by atoms with Gasteiger partial charge in [0.15, 0.2) is 0 Å². The topological polar surface area (TPSA) is 94.0 Å². The van der Waals surface area contributed by atoms with Crippen LogP contribution < -0.4 is 16.0 Å². The molecule has 0 fully saturated rings. The Labute approximate surface area is 164 Å². The van der Waals surface area contributed by atoms with Gasteiger partial charge in [-0.2, -0.15) is 18.4 Å². The number of carbonyl (C=O) groups is 2. The van der Waals surface area contributed by atoms with Crippen molar-refractivity contribution in [3.63, 3.8) is 0 Å². The summed E-state index contributed by atoms with van der Waals surface area (Å²) in [6, 6.07) is 11.2. The maximum Gasteiger partial charge on any atom is 0.416 e. The molecule has 0 saturated carbocycles. The second-order valence-corrected chi connectivity index (χ2v) is 6.34. The third-order valence-corrected chi connectivity index (χ3v) is 4.33. The van der Waals surface area contributed by atoms with Gasteiger partial charge in [0.1, 0.15) is 0 Å². The van der Waals surface area contributed by atoms with E-state index in [0.717, 1.165) is 12.1 Å².